The second kappa shape index (κ2) is 4.30. The average Bonchev–Trinajstić information content (AvgIpc) is 2.34. The first-order chi connectivity index (χ1) is 8.29. The van der Waals surface area contributed by atoms with E-state index in [1.807, 2.05) is 0 Å². The maximum absolute atomic E-state index is 12.2. The number of hydrogen-bond donors (Lipinski definition) is 1. The number of esters is 1. The number of carbonyl (C=O) groups is 3. The fraction of sp³-hybridized carbons (Fsp3) is 0.769. The topological polar surface area (TPSA) is 83.9 Å². The minimum atomic E-state index is -2.41. The van der Waals surface area contributed by atoms with Crippen molar-refractivity contribution in [1.82, 2.24) is 4.90 Å². The van der Waals surface area contributed by atoms with Crippen LogP contribution in [0.4, 0.5) is 0 Å². The second-order valence-corrected chi connectivity index (χ2v) is 6.74. The molecule has 2 amide bonds. The molecule has 1 atom stereocenters. The van der Waals surface area contributed by atoms with Gasteiger partial charge in [0.25, 0.3) is 11.5 Å². The highest BCUT2D eigenvalue weighted by atomic mass is 16.6. The molecular formula is C13H21NO5. The molecule has 0 aliphatic carbocycles. The molecule has 6 heteroatoms. The third-order valence-corrected chi connectivity index (χ3v) is 2.62. The van der Waals surface area contributed by atoms with Crippen molar-refractivity contribution >= 4 is 17.8 Å². The van der Waals surface area contributed by atoms with E-state index < -0.39 is 40.9 Å². The van der Waals surface area contributed by atoms with E-state index in [9.17, 15) is 19.5 Å². The number of aliphatic hydroxyl groups is 1. The minimum absolute atomic E-state index is 0.571. The first-order valence-electron chi connectivity index (χ1n) is 6.12. The lowest BCUT2D eigenvalue weighted by molar-refractivity contribution is -0.180. The van der Waals surface area contributed by atoms with E-state index >= 15 is 0 Å². The molecule has 1 N–H and O–H groups in total. The van der Waals surface area contributed by atoms with Crippen LogP contribution in [0.15, 0.2) is 0 Å². The van der Waals surface area contributed by atoms with Crippen molar-refractivity contribution in [3.8, 4) is 0 Å². The van der Waals surface area contributed by atoms with Gasteiger partial charge in [-0.2, -0.15) is 0 Å². The first kappa shape index (κ1) is 15.6. The number of ether oxygens (including phenoxy) is 1. The third kappa shape index (κ3) is 2.94. The van der Waals surface area contributed by atoms with Crippen LogP contribution in [-0.4, -0.2) is 44.5 Å². The zero-order valence-corrected chi connectivity index (χ0v) is 12.2. The maximum atomic E-state index is 12.2. The van der Waals surface area contributed by atoms with E-state index in [0.29, 0.717) is 0 Å². The fourth-order valence-corrected chi connectivity index (χ4v) is 1.87. The summed E-state index contributed by atoms with van der Waals surface area (Å²) in [6.45, 7) is 9.84. The van der Waals surface area contributed by atoms with Gasteiger partial charge in [-0.3, -0.25) is 14.5 Å². The van der Waals surface area contributed by atoms with Crippen LogP contribution >= 0.6 is 0 Å². The summed E-state index contributed by atoms with van der Waals surface area (Å²) in [5.74, 6) is -2.57. The van der Waals surface area contributed by atoms with Crippen molar-refractivity contribution in [2.75, 3.05) is 0 Å². The molecule has 0 aromatic carbocycles. The van der Waals surface area contributed by atoms with Gasteiger partial charge in [-0.15, -0.1) is 0 Å². The summed E-state index contributed by atoms with van der Waals surface area (Å²) in [6, 6.07) is 0. The number of nitrogens with zero attached hydrogens (tertiary/aromatic N) is 1. The largest absolute Gasteiger partial charge is 0.457 e. The summed E-state index contributed by atoms with van der Waals surface area (Å²) in [4.78, 5) is 36.9. The summed E-state index contributed by atoms with van der Waals surface area (Å²) in [7, 11) is 0. The second-order valence-electron chi connectivity index (χ2n) is 6.74. The van der Waals surface area contributed by atoms with Gasteiger partial charge in [-0.05, 0) is 41.5 Å². The molecule has 1 heterocycles. The van der Waals surface area contributed by atoms with Crippen LogP contribution in [0.1, 0.15) is 48.0 Å². The molecule has 19 heavy (non-hydrogen) atoms. The van der Waals surface area contributed by atoms with Crippen LogP contribution in [0.25, 0.3) is 0 Å². The van der Waals surface area contributed by atoms with E-state index in [-0.39, 0.29) is 0 Å². The molecule has 0 spiro atoms. The number of likely N-dealkylation sites (tertiary alicyclic amines) is 1. The van der Waals surface area contributed by atoms with Crippen molar-refractivity contribution in [2.45, 2.75) is 64.7 Å². The fourth-order valence-electron chi connectivity index (χ4n) is 1.87. The van der Waals surface area contributed by atoms with Crippen molar-refractivity contribution < 1.29 is 24.2 Å². The third-order valence-electron chi connectivity index (χ3n) is 2.62. The molecule has 1 rings (SSSR count). The van der Waals surface area contributed by atoms with Crippen molar-refractivity contribution in [3.63, 3.8) is 0 Å². The van der Waals surface area contributed by atoms with Crippen LogP contribution in [-0.2, 0) is 19.1 Å². The highest BCUT2D eigenvalue weighted by Crippen LogP contribution is 2.32. The van der Waals surface area contributed by atoms with Crippen molar-refractivity contribution in [1.29, 1.82) is 0 Å². The molecule has 1 fully saturated rings. The predicted octanol–water partition coefficient (Wildman–Crippen LogP) is 0.617. The minimum Gasteiger partial charge on any atom is -0.457 e. The van der Waals surface area contributed by atoms with Crippen LogP contribution < -0.4 is 0 Å². The Bertz CT molecular complexity index is 429. The van der Waals surface area contributed by atoms with Gasteiger partial charge in [0.15, 0.2) is 0 Å². The zero-order chi connectivity index (χ0) is 15.2. The molecule has 0 saturated carbocycles. The van der Waals surface area contributed by atoms with Gasteiger partial charge in [-0.1, -0.05) is 0 Å². The highest BCUT2D eigenvalue weighted by Gasteiger charge is 2.60. The monoisotopic (exact) mass is 271 g/mol. The summed E-state index contributed by atoms with van der Waals surface area (Å²) in [6.07, 6.45) is -0.571. The Hall–Kier alpha value is -1.43. The SMILES string of the molecule is CC(C)(C)OC(=O)[C@]1(O)CC(=O)N(C(C)(C)C)C1=O. The predicted molar refractivity (Wildman–Crippen MR) is 67.0 cm³/mol. The van der Waals surface area contributed by atoms with E-state index in [1.165, 1.54) is 0 Å². The number of amides is 2. The number of imide groups is 1. The van der Waals surface area contributed by atoms with E-state index in [0.717, 1.165) is 4.90 Å². The quantitative estimate of drug-likeness (QED) is 0.429. The van der Waals surface area contributed by atoms with Gasteiger partial charge in [-0.25, -0.2) is 4.79 Å². The zero-order valence-electron chi connectivity index (χ0n) is 12.2. The Balaban J connectivity index is 3.06. The van der Waals surface area contributed by atoms with Crippen LogP contribution in [0.3, 0.4) is 0 Å². The Morgan fingerprint density at radius 1 is 1.21 bits per heavy atom. The highest BCUT2D eigenvalue weighted by molar-refractivity contribution is 6.19. The molecular weight excluding hydrogens is 250 g/mol. The Morgan fingerprint density at radius 2 is 1.68 bits per heavy atom. The molecule has 6 nitrogen and oxygen atoms in total. The Labute approximate surface area is 112 Å². The van der Waals surface area contributed by atoms with Crippen LogP contribution in [0, 0.1) is 0 Å². The van der Waals surface area contributed by atoms with Gasteiger partial charge in [0.2, 0.25) is 5.91 Å². The van der Waals surface area contributed by atoms with Crippen LogP contribution in [0.2, 0.25) is 0 Å². The van der Waals surface area contributed by atoms with Crippen LogP contribution in [0.5, 0.6) is 0 Å². The number of carbonyl (C=O) groups excluding carboxylic acids is 3. The lowest BCUT2D eigenvalue weighted by atomic mass is 10.0. The molecule has 0 aromatic heterocycles. The Kier molecular flexibility index (Phi) is 3.54. The number of hydrogen-bond acceptors (Lipinski definition) is 5. The summed E-state index contributed by atoms with van der Waals surface area (Å²) in [5.41, 5.74) is -4.04. The first-order valence-corrected chi connectivity index (χ1v) is 6.12. The van der Waals surface area contributed by atoms with Crippen molar-refractivity contribution in [3.05, 3.63) is 0 Å². The lowest BCUT2D eigenvalue weighted by Gasteiger charge is -2.31. The average molecular weight is 271 g/mol. The van der Waals surface area contributed by atoms with Gasteiger partial charge >= 0.3 is 5.97 Å². The van der Waals surface area contributed by atoms with Crippen molar-refractivity contribution in [2.24, 2.45) is 0 Å². The molecule has 0 radical (unpaired) electrons. The van der Waals surface area contributed by atoms with E-state index in [1.54, 1.807) is 41.5 Å². The molecule has 1 aliphatic heterocycles. The van der Waals surface area contributed by atoms with Gasteiger partial charge in [0.1, 0.15) is 5.60 Å². The molecule has 0 unspecified atom stereocenters. The van der Waals surface area contributed by atoms with Gasteiger partial charge < -0.3 is 9.84 Å². The van der Waals surface area contributed by atoms with E-state index in [2.05, 4.69) is 0 Å². The maximum Gasteiger partial charge on any atom is 0.349 e. The Morgan fingerprint density at radius 3 is 2.00 bits per heavy atom. The molecule has 0 aromatic rings. The number of rotatable bonds is 1. The lowest BCUT2D eigenvalue weighted by Crippen LogP contribution is -2.53. The molecule has 108 valence electrons. The standard InChI is InChI=1S/C13H21NO5/c1-11(2,3)14-8(15)7-13(18,9(14)16)10(17)19-12(4,5)6/h18H,7H2,1-6H3/t13-/m0/s1. The molecule has 0 bridgehead atoms. The van der Waals surface area contributed by atoms with Gasteiger partial charge in [0.05, 0.1) is 6.42 Å². The van der Waals surface area contributed by atoms with Gasteiger partial charge in [0, 0.05) is 5.54 Å². The smallest absolute Gasteiger partial charge is 0.349 e. The normalized spacial score (nSPS) is 24.9. The molecule has 1 saturated heterocycles. The summed E-state index contributed by atoms with van der Waals surface area (Å²) in [5, 5.41) is 10.2. The molecule has 1 aliphatic rings. The summed E-state index contributed by atoms with van der Waals surface area (Å²) >= 11 is 0. The summed E-state index contributed by atoms with van der Waals surface area (Å²) < 4.78 is 5.02. The van der Waals surface area contributed by atoms with E-state index in [4.69, 9.17) is 4.74 Å².